The minimum atomic E-state index is -4.51. The number of hydrogen-bond donors (Lipinski definition) is 0. The summed E-state index contributed by atoms with van der Waals surface area (Å²) in [4.78, 5) is 31.2. The van der Waals surface area contributed by atoms with Crippen molar-refractivity contribution in [1.29, 1.82) is 0 Å². The van der Waals surface area contributed by atoms with E-state index in [1.165, 1.54) is 17.6 Å². The third-order valence-corrected chi connectivity index (χ3v) is 4.67. The molecule has 144 valence electrons. The Balaban J connectivity index is 2.07. The molecule has 2 aliphatic rings. The zero-order valence-electron chi connectivity index (χ0n) is 14.6. The van der Waals surface area contributed by atoms with Gasteiger partial charge in [0.1, 0.15) is 17.6 Å². The standard InChI is InChI=1S/C16H21F3N4O3/c1-10-9-26-6-5-21(10)13-7-14(25)22-4-3-12(16(17,18)19)23(8-11(2)24)15(22)20-13/h7,10,12H,3-6,8-9H2,1-2H3/t10-,12+/m1/s1. The molecule has 0 spiro atoms. The molecular formula is C16H21F3N4O3. The number of ether oxygens (including phenoxy) is 1. The van der Waals surface area contributed by atoms with Crippen LogP contribution in [-0.2, 0) is 16.1 Å². The van der Waals surface area contributed by atoms with Crippen LogP contribution in [-0.4, -0.2) is 59.9 Å². The molecule has 0 aromatic carbocycles. The highest BCUT2D eigenvalue weighted by Gasteiger charge is 2.47. The smallest absolute Gasteiger partial charge is 0.377 e. The third kappa shape index (κ3) is 3.55. The van der Waals surface area contributed by atoms with Crippen molar-refractivity contribution in [2.45, 2.75) is 45.1 Å². The number of fused-ring (bicyclic) bond motifs is 1. The summed E-state index contributed by atoms with van der Waals surface area (Å²) in [5.41, 5.74) is -0.419. The predicted molar refractivity (Wildman–Crippen MR) is 88.6 cm³/mol. The molecule has 0 bridgehead atoms. The summed E-state index contributed by atoms with van der Waals surface area (Å²) in [5, 5.41) is 0. The SMILES string of the molecule is CC(=O)CN1c2nc(N3CCOC[C@H]3C)cc(=O)n2CC[C@H]1C(F)(F)F. The lowest BCUT2D eigenvalue weighted by molar-refractivity contribution is -0.153. The second kappa shape index (κ2) is 6.90. The summed E-state index contributed by atoms with van der Waals surface area (Å²) in [6.07, 6.45) is -4.81. The quantitative estimate of drug-likeness (QED) is 0.792. The van der Waals surface area contributed by atoms with E-state index in [4.69, 9.17) is 4.74 Å². The highest BCUT2D eigenvalue weighted by atomic mass is 19.4. The Morgan fingerprint density at radius 2 is 2.12 bits per heavy atom. The lowest BCUT2D eigenvalue weighted by atomic mass is 10.1. The van der Waals surface area contributed by atoms with Crippen LogP contribution in [0.1, 0.15) is 20.3 Å². The monoisotopic (exact) mass is 374 g/mol. The molecule has 3 rings (SSSR count). The number of carbonyl (C=O) groups excluding carboxylic acids is 1. The van der Waals surface area contributed by atoms with E-state index in [1.807, 2.05) is 11.8 Å². The molecule has 0 N–H and O–H groups in total. The van der Waals surface area contributed by atoms with Crippen molar-refractivity contribution in [1.82, 2.24) is 9.55 Å². The fourth-order valence-electron chi connectivity index (χ4n) is 3.43. The number of carbonyl (C=O) groups is 1. The fourth-order valence-corrected chi connectivity index (χ4v) is 3.43. The second-order valence-electron chi connectivity index (χ2n) is 6.70. The van der Waals surface area contributed by atoms with E-state index in [0.29, 0.717) is 25.6 Å². The van der Waals surface area contributed by atoms with E-state index in [1.54, 1.807) is 0 Å². The molecule has 0 radical (unpaired) electrons. The van der Waals surface area contributed by atoms with Crippen LogP contribution in [0.2, 0.25) is 0 Å². The Hall–Kier alpha value is -2.10. The topological polar surface area (TPSA) is 67.7 Å². The van der Waals surface area contributed by atoms with E-state index in [-0.39, 0.29) is 25.0 Å². The average Bonchev–Trinajstić information content (AvgIpc) is 2.54. The van der Waals surface area contributed by atoms with Gasteiger partial charge in [0.15, 0.2) is 0 Å². The predicted octanol–water partition coefficient (Wildman–Crippen LogP) is 1.20. The number of rotatable bonds is 3. The third-order valence-electron chi connectivity index (χ3n) is 4.67. The van der Waals surface area contributed by atoms with Crippen LogP contribution in [0.25, 0.3) is 0 Å². The molecule has 2 atom stereocenters. The number of hydrogen-bond acceptors (Lipinski definition) is 6. The van der Waals surface area contributed by atoms with E-state index >= 15 is 0 Å². The van der Waals surface area contributed by atoms with Crippen LogP contribution < -0.4 is 15.4 Å². The number of ketones is 1. The van der Waals surface area contributed by atoms with Gasteiger partial charge in [0.2, 0.25) is 5.95 Å². The Bertz CT molecular complexity index is 749. The summed E-state index contributed by atoms with van der Waals surface area (Å²) < 4.78 is 46.9. The molecule has 0 saturated carbocycles. The first-order chi connectivity index (χ1) is 12.2. The molecule has 2 aliphatic heterocycles. The van der Waals surface area contributed by atoms with Crippen molar-refractivity contribution in [3.8, 4) is 0 Å². The highest BCUT2D eigenvalue weighted by Crippen LogP contribution is 2.34. The molecule has 1 saturated heterocycles. The molecule has 7 nitrogen and oxygen atoms in total. The number of alkyl halides is 3. The van der Waals surface area contributed by atoms with Crippen molar-refractivity contribution >= 4 is 17.5 Å². The van der Waals surface area contributed by atoms with Gasteiger partial charge in [-0.2, -0.15) is 18.2 Å². The minimum absolute atomic E-state index is 0.0537. The Morgan fingerprint density at radius 3 is 2.73 bits per heavy atom. The molecule has 1 aromatic heterocycles. The second-order valence-corrected chi connectivity index (χ2v) is 6.70. The van der Waals surface area contributed by atoms with E-state index in [0.717, 1.165) is 4.90 Å². The first-order valence-electron chi connectivity index (χ1n) is 8.47. The molecule has 26 heavy (non-hydrogen) atoms. The van der Waals surface area contributed by atoms with Crippen molar-refractivity contribution in [3.05, 3.63) is 16.4 Å². The van der Waals surface area contributed by atoms with Gasteiger partial charge in [-0.1, -0.05) is 0 Å². The van der Waals surface area contributed by atoms with Gasteiger partial charge in [-0.15, -0.1) is 0 Å². The number of nitrogens with zero attached hydrogens (tertiary/aromatic N) is 4. The van der Waals surface area contributed by atoms with Crippen molar-refractivity contribution in [2.75, 3.05) is 36.1 Å². The number of halogens is 3. The molecule has 1 aromatic rings. The zero-order valence-corrected chi connectivity index (χ0v) is 14.6. The first-order valence-corrected chi connectivity index (χ1v) is 8.47. The molecule has 0 aliphatic carbocycles. The average molecular weight is 374 g/mol. The van der Waals surface area contributed by atoms with Gasteiger partial charge in [-0.05, 0) is 20.3 Å². The highest BCUT2D eigenvalue weighted by molar-refractivity contribution is 5.80. The largest absolute Gasteiger partial charge is 0.408 e. The van der Waals surface area contributed by atoms with E-state index in [2.05, 4.69) is 4.98 Å². The maximum Gasteiger partial charge on any atom is 0.408 e. The normalized spacial score (nSPS) is 23.7. The van der Waals surface area contributed by atoms with Crippen LogP contribution in [0.15, 0.2) is 10.9 Å². The molecule has 10 heteroatoms. The number of aromatic nitrogens is 2. The van der Waals surface area contributed by atoms with Crippen LogP contribution in [0, 0.1) is 0 Å². The van der Waals surface area contributed by atoms with E-state index in [9.17, 15) is 22.8 Å². The van der Waals surface area contributed by atoms with Crippen molar-refractivity contribution in [2.24, 2.45) is 0 Å². The Kier molecular flexibility index (Phi) is 4.96. The zero-order chi connectivity index (χ0) is 19.1. The van der Waals surface area contributed by atoms with Crippen molar-refractivity contribution in [3.63, 3.8) is 0 Å². The number of anilines is 2. The van der Waals surface area contributed by atoms with Crippen molar-refractivity contribution < 1.29 is 22.7 Å². The molecule has 1 fully saturated rings. The molecule has 0 unspecified atom stereocenters. The van der Waals surface area contributed by atoms with Crippen LogP contribution in [0.3, 0.4) is 0 Å². The summed E-state index contributed by atoms with van der Waals surface area (Å²) in [5.74, 6) is -0.213. The minimum Gasteiger partial charge on any atom is -0.377 e. The summed E-state index contributed by atoms with van der Waals surface area (Å²) in [6, 6.07) is -0.553. The summed E-state index contributed by atoms with van der Waals surface area (Å²) in [7, 11) is 0. The molecule has 0 amide bonds. The van der Waals surface area contributed by atoms with Gasteiger partial charge in [0.05, 0.1) is 25.8 Å². The maximum atomic E-state index is 13.5. The number of Topliss-reactive ketones (excluding diaryl/α,β-unsaturated/α-hetero) is 1. The van der Waals surface area contributed by atoms with Crippen LogP contribution in [0.4, 0.5) is 24.9 Å². The van der Waals surface area contributed by atoms with Crippen LogP contribution in [0.5, 0.6) is 0 Å². The Morgan fingerprint density at radius 1 is 1.38 bits per heavy atom. The molecular weight excluding hydrogens is 353 g/mol. The van der Waals surface area contributed by atoms with E-state index < -0.39 is 30.1 Å². The lowest BCUT2D eigenvalue weighted by Gasteiger charge is -2.40. The summed E-state index contributed by atoms with van der Waals surface area (Å²) >= 11 is 0. The lowest BCUT2D eigenvalue weighted by Crippen LogP contribution is -2.54. The fraction of sp³-hybridized carbons (Fsp3) is 0.688. The number of morpholine rings is 1. The summed E-state index contributed by atoms with van der Waals surface area (Å²) in [6.45, 7) is 3.97. The van der Waals surface area contributed by atoms with Gasteiger partial charge in [-0.3, -0.25) is 14.2 Å². The van der Waals surface area contributed by atoms with Crippen LogP contribution >= 0.6 is 0 Å². The van der Waals surface area contributed by atoms with Gasteiger partial charge in [0, 0.05) is 19.2 Å². The molecule has 3 heterocycles. The van der Waals surface area contributed by atoms with Gasteiger partial charge in [0.25, 0.3) is 5.56 Å². The Labute approximate surface area is 148 Å². The maximum absolute atomic E-state index is 13.5. The first kappa shape index (κ1) is 18.7. The van der Waals surface area contributed by atoms with Gasteiger partial charge < -0.3 is 14.5 Å². The van der Waals surface area contributed by atoms with Gasteiger partial charge in [-0.25, -0.2) is 0 Å². The van der Waals surface area contributed by atoms with Gasteiger partial charge >= 0.3 is 6.18 Å².